The Labute approximate surface area is 68.9 Å². The van der Waals surface area contributed by atoms with Crippen molar-refractivity contribution in [2.75, 3.05) is 0 Å². The maximum Gasteiger partial charge on any atom is 0.282 e. The first-order chi connectivity index (χ1) is 5.08. The molecule has 11 heavy (non-hydrogen) atoms. The second-order valence-electron chi connectivity index (χ2n) is 2.49. The van der Waals surface area contributed by atoms with Crippen LogP contribution in [-0.2, 0) is 5.92 Å². The number of halogens is 2. The molecule has 0 amide bonds. The molecule has 1 heterocycles. The molecule has 0 atom stereocenters. The van der Waals surface area contributed by atoms with Crippen LogP contribution in [0.1, 0.15) is 23.8 Å². The summed E-state index contributed by atoms with van der Waals surface area (Å²) in [5.41, 5.74) is 0.696. The maximum absolute atomic E-state index is 13.0. The van der Waals surface area contributed by atoms with E-state index in [0.29, 0.717) is 5.56 Å². The fourth-order valence-electron chi connectivity index (χ4n) is 0.908. The highest BCUT2D eigenvalue weighted by Crippen LogP contribution is 2.36. The van der Waals surface area contributed by atoms with Crippen molar-refractivity contribution in [1.29, 1.82) is 0 Å². The van der Waals surface area contributed by atoms with Crippen LogP contribution in [0.2, 0.25) is 0 Å². The monoisotopic (exact) mass is 176 g/mol. The Kier molecular flexibility index (Phi) is 2.28. The van der Waals surface area contributed by atoms with Gasteiger partial charge in [0.25, 0.3) is 5.92 Å². The third-order valence-electron chi connectivity index (χ3n) is 1.64. The summed E-state index contributed by atoms with van der Waals surface area (Å²) in [6.07, 6.45) is -0.117. The Balaban J connectivity index is 3.00. The van der Waals surface area contributed by atoms with Crippen LogP contribution in [0.5, 0.6) is 0 Å². The normalized spacial score (nSPS) is 12.0. The second-order valence-corrected chi connectivity index (χ2v) is 3.41. The molecule has 1 aromatic rings. The van der Waals surface area contributed by atoms with Gasteiger partial charge in [0.1, 0.15) is 0 Å². The van der Waals surface area contributed by atoms with Gasteiger partial charge in [-0.25, -0.2) is 8.78 Å². The molecule has 0 unspecified atom stereocenters. The topological polar surface area (TPSA) is 0 Å². The molecular formula is C8H10F2S. The van der Waals surface area contributed by atoms with Crippen molar-refractivity contribution in [3.63, 3.8) is 0 Å². The van der Waals surface area contributed by atoms with E-state index in [9.17, 15) is 8.78 Å². The fraction of sp³-hybridized carbons (Fsp3) is 0.500. The van der Waals surface area contributed by atoms with Gasteiger partial charge in [-0.15, -0.1) is 11.3 Å². The first kappa shape index (κ1) is 8.65. The SMILES string of the molecule is CCC(F)(F)c1sccc1C. The van der Waals surface area contributed by atoms with E-state index in [1.807, 2.05) is 0 Å². The lowest BCUT2D eigenvalue weighted by molar-refractivity contribution is -0.00494. The van der Waals surface area contributed by atoms with Crippen LogP contribution >= 0.6 is 11.3 Å². The van der Waals surface area contributed by atoms with Crippen molar-refractivity contribution in [2.45, 2.75) is 26.2 Å². The maximum atomic E-state index is 13.0. The molecule has 0 fully saturated rings. The number of hydrogen-bond donors (Lipinski definition) is 0. The van der Waals surface area contributed by atoms with Crippen LogP contribution in [0.25, 0.3) is 0 Å². The lowest BCUT2D eigenvalue weighted by Gasteiger charge is -2.12. The lowest BCUT2D eigenvalue weighted by atomic mass is 10.1. The average molecular weight is 176 g/mol. The van der Waals surface area contributed by atoms with Gasteiger partial charge in [-0.2, -0.15) is 0 Å². The molecule has 0 aromatic carbocycles. The average Bonchev–Trinajstić information content (AvgIpc) is 2.36. The van der Waals surface area contributed by atoms with Gasteiger partial charge in [0, 0.05) is 6.42 Å². The van der Waals surface area contributed by atoms with E-state index >= 15 is 0 Å². The molecule has 0 nitrogen and oxygen atoms in total. The van der Waals surface area contributed by atoms with Crippen molar-refractivity contribution in [3.8, 4) is 0 Å². The predicted octanol–water partition coefficient (Wildman–Crippen LogP) is 3.56. The van der Waals surface area contributed by atoms with Crippen LogP contribution in [0.3, 0.4) is 0 Å². The van der Waals surface area contributed by atoms with Crippen LogP contribution in [0, 0.1) is 6.92 Å². The molecule has 0 saturated heterocycles. The molecule has 0 radical (unpaired) electrons. The van der Waals surface area contributed by atoms with Crippen molar-refractivity contribution >= 4 is 11.3 Å². The molecule has 1 aromatic heterocycles. The fourth-order valence-corrected chi connectivity index (χ4v) is 1.89. The minimum absolute atomic E-state index is 0.117. The third kappa shape index (κ3) is 1.59. The number of thiophene rings is 1. The second kappa shape index (κ2) is 2.89. The number of aryl methyl sites for hydroxylation is 1. The highest BCUT2D eigenvalue weighted by Gasteiger charge is 2.31. The van der Waals surface area contributed by atoms with E-state index in [1.54, 1.807) is 18.4 Å². The zero-order valence-corrected chi connectivity index (χ0v) is 7.34. The zero-order valence-electron chi connectivity index (χ0n) is 6.53. The van der Waals surface area contributed by atoms with Gasteiger partial charge in [-0.1, -0.05) is 6.92 Å². The Morgan fingerprint density at radius 2 is 2.18 bits per heavy atom. The van der Waals surface area contributed by atoms with Crippen LogP contribution in [0.4, 0.5) is 8.78 Å². The van der Waals surface area contributed by atoms with Gasteiger partial charge in [0.05, 0.1) is 4.88 Å². The van der Waals surface area contributed by atoms with Crippen LogP contribution < -0.4 is 0 Å². The van der Waals surface area contributed by atoms with Gasteiger partial charge >= 0.3 is 0 Å². The predicted molar refractivity (Wildman–Crippen MR) is 43.2 cm³/mol. The molecular weight excluding hydrogens is 166 g/mol. The molecule has 0 saturated carbocycles. The summed E-state index contributed by atoms with van der Waals surface area (Å²) in [7, 11) is 0. The Bertz CT molecular complexity index is 240. The van der Waals surface area contributed by atoms with Crippen molar-refractivity contribution in [1.82, 2.24) is 0 Å². The molecule has 3 heteroatoms. The van der Waals surface area contributed by atoms with Gasteiger partial charge in [0.15, 0.2) is 0 Å². The molecule has 0 spiro atoms. The Morgan fingerprint density at radius 3 is 2.55 bits per heavy atom. The summed E-state index contributed by atoms with van der Waals surface area (Å²) in [4.78, 5) is 0.208. The largest absolute Gasteiger partial charge is 0.282 e. The highest BCUT2D eigenvalue weighted by molar-refractivity contribution is 7.10. The number of rotatable bonds is 2. The molecule has 62 valence electrons. The summed E-state index contributed by atoms with van der Waals surface area (Å²) in [6.45, 7) is 3.22. The van der Waals surface area contributed by atoms with Crippen molar-refractivity contribution in [3.05, 3.63) is 21.9 Å². The molecule has 0 bridgehead atoms. The van der Waals surface area contributed by atoms with E-state index < -0.39 is 5.92 Å². The first-order valence-electron chi connectivity index (χ1n) is 3.50. The highest BCUT2D eigenvalue weighted by atomic mass is 32.1. The van der Waals surface area contributed by atoms with E-state index in [2.05, 4.69) is 0 Å². The van der Waals surface area contributed by atoms with Gasteiger partial charge in [-0.05, 0) is 23.9 Å². The van der Waals surface area contributed by atoms with Crippen LogP contribution in [0.15, 0.2) is 11.4 Å². The van der Waals surface area contributed by atoms with E-state index in [4.69, 9.17) is 0 Å². The number of hydrogen-bond acceptors (Lipinski definition) is 1. The summed E-state index contributed by atoms with van der Waals surface area (Å²) in [5.74, 6) is -2.63. The van der Waals surface area contributed by atoms with E-state index in [1.165, 1.54) is 6.92 Å². The quantitative estimate of drug-likeness (QED) is 0.646. The standard InChI is InChI=1S/C8H10F2S/c1-3-8(9,10)7-6(2)4-5-11-7/h4-5H,3H2,1-2H3. The van der Waals surface area contributed by atoms with E-state index in [0.717, 1.165) is 11.3 Å². The lowest BCUT2D eigenvalue weighted by Crippen LogP contribution is -2.10. The number of alkyl halides is 2. The summed E-state index contributed by atoms with van der Waals surface area (Å²) in [6, 6.07) is 1.73. The third-order valence-corrected chi connectivity index (χ3v) is 2.77. The Hall–Kier alpha value is -0.440. The smallest absolute Gasteiger partial charge is 0.200 e. The minimum atomic E-state index is -2.63. The Morgan fingerprint density at radius 1 is 1.55 bits per heavy atom. The van der Waals surface area contributed by atoms with Crippen molar-refractivity contribution in [2.24, 2.45) is 0 Å². The zero-order chi connectivity index (χ0) is 8.48. The van der Waals surface area contributed by atoms with Gasteiger partial charge in [0.2, 0.25) is 0 Å². The molecule has 0 aliphatic heterocycles. The summed E-state index contributed by atoms with van der Waals surface area (Å²) in [5, 5.41) is 1.70. The molecule has 0 aliphatic carbocycles. The minimum Gasteiger partial charge on any atom is -0.200 e. The molecule has 0 N–H and O–H groups in total. The molecule has 0 aliphatic rings. The summed E-state index contributed by atoms with van der Waals surface area (Å²) < 4.78 is 26.0. The van der Waals surface area contributed by atoms with E-state index in [-0.39, 0.29) is 11.3 Å². The molecule has 1 rings (SSSR count). The first-order valence-corrected chi connectivity index (χ1v) is 4.38. The van der Waals surface area contributed by atoms with Crippen molar-refractivity contribution < 1.29 is 8.78 Å². The summed E-state index contributed by atoms with van der Waals surface area (Å²) >= 11 is 1.13. The van der Waals surface area contributed by atoms with Crippen LogP contribution in [-0.4, -0.2) is 0 Å². The van der Waals surface area contributed by atoms with Gasteiger partial charge < -0.3 is 0 Å². The van der Waals surface area contributed by atoms with Gasteiger partial charge in [-0.3, -0.25) is 0 Å².